The Balaban J connectivity index is 2.02. The number of amides is 2. The van der Waals surface area contributed by atoms with Crippen LogP contribution in [0.3, 0.4) is 0 Å². The van der Waals surface area contributed by atoms with Crippen LogP contribution >= 0.6 is 0 Å². The Kier molecular flexibility index (Phi) is 4.22. The molecule has 0 spiro atoms. The van der Waals surface area contributed by atoms with E-state index in [4.69, 9.17) is 4.74 Å². The maximum absolute atomic E-state index is 12.3. The van der Waals surface area contributed by atoms with Gasteiger partial charge in [-0.15, -0.1) is 0 Å². The predicted molar refractivity (Wildman–Crippen MR) is 66.9 cm³/mol. The number of piperazine rings is 1. The van der Waals surface area contributed by atoms with Gasteiger partial charge in [0.25, 0.3) is 0 Å². The third-order valence-electron chi connectivity index (χ3n) is 3.95. The Morgan fingerprint density at radius 2 is 2.00 bits per heavy atom. The number of hydrogen-bond donors (Lipinski definition) is 1. The van der Waals surface area contributed by atoms with Crippen LogP contribution in [0.2, 0.25) is 0 Å². The first-order chi connectivity index (χ1) is 8.63. The minimum atomic E-state index is -0.344. The highest BCUT2D eigenvalue weighted by Crippen LogP contribution is 2.20. The molecule has 0 radical (unpaired) electrons. The quantitative estimate of drug-likeness (QED) is 0.799. The van der Waals surface area contributed by atoms with E-state index >= 15 is 0 Å². The lowest BCUT2D eigenvalue weighted by Gasteiger charge is -2.39. The molecule has 2 atom stereocenters. The van der Waals surface area contributed by atoms with Gasteiger partial charge in [0.15, 0.2) is 0 Å². The first kappa shape index (κ1) is 13.3. The van der Waals surface area contributed by atoms with Gasteiger partial charge in [0.1, 0.15) is 12.1 Å². The van der Waals surface area contributed by atoms with Crippen molar-refractivity contribution >= 4 is 11.8 Å². The van der Waals surface area contributed by atoms with E-state index in [-0.39, 0.29) is 23.9 Å². The second-order valence-corrected chi connectivity index (χ2v) is 5.19. The average molecular weight is 254 g/mol. The molecular formula is C13H22N2O3. The molecule has 2 saturated heterocycles. The summed E-state index contributed by atoms with van der Waals surface area (Å²) >= 11 is 0. The Hall–Kier alpha value is -1.10. The molecule has 18 heavy (non-hydrogen) atoms. The molecule has 0 aromatic heterocycles. The van der Waals surface area contributed by atoms with Gasteiger partial charge in [-0.25, -0.2) is 0 Å². The van der Waals surface area contributed by atoms with Gasteiger partial charge in [0.05, 0.1) is 0 Å². The smallest absolute Gasteiger partial charge is 0.245 e. The minimum absolute atomic E-state index is 0.0338. The van der Waals surface area contributed by atoms with Gasteiger partial charge < -0.3 is 15.0 Å². The molecule has 2 fully saturated rings. The van der Waals surface area contributed by atoms with Crippen molar-refractivity contribution in [2.75, 3.05) is 19.8 Å². The van der Waals surface area contributed by atoms with Crippen molar-refractivity contribution in [2.45, 2.75) is 45.2 Å². The molecule has 0 aliphatic carbocycles. The predicted octanol–water partition coefficient (Wildman–Crippen LogP) is 0.538. The highest BCUT2D eigenvalue weighted by Gasteiger charge is 2.38. The summed E-state index contributed by atoms with van der Waals surface area (Å²) < 4.78 is 5.32. The van der Waals surface area contributed by atoms with Gasteiger partial charge in [-0.1, -0.05) is 6.92 Å². The first-order valence-corrected chi connectivity index (χ1v) is 6.82. The lowest BCUT2D eigenvalue weighted by Crippen LogP contribution is -2.63. The summed E-state index contributed by atoms with van der Waals surface area (Å²) in [6, 6.07) is -0.684. The van der Waals surface area contributed by atoms with E-state index in [1.54, 1.807) is 11.8 Å². The average Bonchev–Trinajstić information content (AvgIpc) is 2.40. The topological polar surface area (TPSA) is 58.6 Å². The molecule has 2 amide bonds. The second-order valence-electron chi connectivity index (χ2n) is 5.19. The molecule has 0 saturated carbocycles. The minimum Gasteiger partial charge on any atom is -0.381 e. The van der Waals surface area contributed by atoms with Gasteiger partial charge in [0.2, 0.25) is 11.8 Å². The van der Waals surface area contributed by atoms with Crippen LogP contribution in [0.5, 0.6) is 0 Å². The molecule has 1 N–H and O–H groups in total. The van der Waals surface area contributed by atoms with Crippen LogP contribution in [0.1, 0.15) is 33.1 Å². The van der Waals surface area contributed by atoms with Crippen molar-refractivity contribution in [1.29, 1.82) is 0 Å². The summed E-state index contributed by atoms with van der Waals surface area (Å²) in [5.41, 5.74) is 0. The largest absolute Gasteiger partial charge is 0.381 e. The molecule has 0 aromatic rings. The SMILES string of the molecule is CCC1NC(=O)C(C)N(CC2CCOCC2)C1=O. The molecule has 5 nitrogen and oxygen atoms in total. The number of carbonyl (C=O) groups is 2. The van der Waals surface area contributed by atoms with Crippen LogP contribution in [0, 0.1) is 5.92 Å². The van der Waals surface area contributed by atoms with Crippen LogP contribution < -0.4 is 5.32 Å². The maximum Gasteiger partial charge on any atom is 0.245 e. The van der Waals surface area contributed by atoms with E-state index in [2.05, 4.69) is 5.32 Å². The zero-order chi connectivity index (χ0) is 13.1. The molecule has 5 heteroatoms. The summed E-state index contributed by atoms with van der Waals surface area (Å²) in [7, 11) is 0. The van der Waals surface area contributed by atoms with Crippen LogP contribution in [-0.2, 0) is 14.3 Å². The standard InChI is InChI=1S/C13H22N2O3/c1-3-11-13(17)15(9(2)12(16)14-11)8-10-4-6-18-7-5-10/h9-11H,3-8H2,1-2H3,(H,14,16). The number of rotatable bonds is 3. The monoisotopic (exact) mass is 254 g/mol. The molecule has 2 heterocycles. The molecule has 2 aliphatic rings. The third-order valence-corrected chi connectivity index (χ3v) is 3.95. The van der Waals surface area contributed by atoms with Crippen LogP contribution in [0.4, 0.5) is 0 Å². The van der Waals surface area contributed by atoms with Gasteiger partial charge >= 0.3 is 0 Å². The maximum atomic E-state index is 12.3. The van der Waals surface area contributed by atoms with E-state index < -0.39 is 0 Å². The Labute approximate surface area is 108 Å². The van der Waals surface area contributed by atoms with Crippen molar-refractivity contribution in [1.82, 2.24) is 10.2 Å². The summed E-state index contributed by atoms with van der Waals surface area (Å²) in [5.74, 6) is 0.498. The molecule has 2 unspecified atom stereocenters. The van der Waals surface area contributed by atoms with E-state index in [0.717, 1.165) is 26.1 Å². The molecule has 2 aliphatic heterocycles. The van der Waals surface area contributed by atoms with Gasteiger partial charge in [-0.2, -0.15) is 0 Å². The van der Waals surface area contributed by atoms with Crippen LogP contribution in [0.25, 0.3) is 0 Å². The van der Waals surface area contributed by atoms with Gasteiger partial charge in [0, 0.05) is 19.8 Å². The first-order valence-electron chi connectivity index (χ1n) is 6.82. The van der Waals surface area contributed by atoms with Crippen molar-refractivity contribution in [3.63, 3.8) is 0 Å². The fraction of sp³-hybridized carbons (Fsp3) is 0.846. The fourth-order valence-electron chi connectivity index (χ4n) is 2.62. The van der Waals surface area contributed by atoms with Gasteiger partial charge in [-0.05, 0) is 32.1 Å². The Morgan fingerprint density at radius 3 is 2.61 bits per heavy atom. The van der Waals surface area contributed by atoms with Crippen molar-refractivity contribution < 1.29 is 14.3 Å². The second kappa shape index (κ2) is 5.69. The molecule has 0 bridgehead atoms. The van der Waals surface area contributed by atoms with Crippen molar-refractivity contribution in [2.24, 2.45) is 5.92 Å². The summed E-state index contributed by atoms with van der Waals surface area (Å²) in [6.07, 6.45) is 2.62. The van der Waals surface area contributed by atoms with E-state index in [0.29, 0.717) is 18.9 Å². The van der Waals surface area contributed by atoms with E-state index in [1.165, 1.54) is 0 Å². The Bertz CT molecular complexity index is 326. The zero-order valence-electron chi connectivity index (χ0n) is 11.1. The number of nitrogens with zero attached hydrogens (tertiary/aromatic N) is 1. The highest BCUT2D eigenvalue weighted by atomic mass is 16.5. The van der Waals surface area contributed by atoms with Crippen molar-refractivity contribution in [3.05, 3.63) is 0 Å². The number of ether oxygens (including phenoxy) is 1. The van der Waals surface area contributed by atoms with Crippen molar-refractivity contribution in [3.8, 4) is 0 Å². The molecule has 102 valence electrons. The van der Waals surface area contributed by atoms with E-state index in [9.17, 15) is 9.59 Å². The Morgan fingerprint density at radius 1 is 1.33 bits per heavy atom. The lowest BCUT2D eigenvalue weighted by atomic mass is 9.97. The van der Waals surface area contributed by atoms with Crippen LogP contribution in [0.15, 0.2) is 0 Å². The van der Waals surface area contributed by atoms with Gasteiger partial charge in [-0.3, -0.25) is 9.59 Å². The molecule has 0 aromatic carbocycles. The summed E-state index contributed by atoms with van der Waals surface area (Å²) in [6.45, 7) is 5.95. The van der Waals surface area contributed by atoms with Crippen LogP contribution in [-0.4, -0.2) is 48.6 Å². The summed E-state index contributed by atoms with van der Waals surface area (Å²) in [5, 5.41) is 2.78. The third kappa shape index (κ3) is 2.66. The highest BCUT2D eigenvalue weighted by molar-refractivity contribution is 5.96. The fourth-order valence-corrected chi connectivity index (χ4v) is 2.62. The van der Waals surface area contributed by atoms with E-state index in [1.807, 2.05) is 6.92 Å². The number of hydrogen-bond acceptors (Lipinski definition) is 3. The normalized spacial score (nSPS) is 30.4. The lowest BCUT2D eigenvalue weighted by molar-refractivity contribution is -0.149. The number of nitrogens with one attached hydrogen (secondary N) is 1. The number of carbonyl (C=O) groups excluding carboxylic acids is 2. The summed E-state index contributed by atoms with van der Waals surface area (Å²) in [4.78, 5) is 25.9. The molecule has 2 rings (SSSR count). The molecular weight excluding hydrogens is 232 g/mol. The zero-order valence-corrected chi connectivity index (χ0v) is 11.1.